The predicted molar refractivity (Wildman–Crippen MR) is 77.4 cm³/mol. The highest BCUT2D eigenvalue weighted by atomic mass is 35.5. The number of rotatable bonds is 5. The fraction of sp³-hybridized carbons (Fsp3) is 0.357. The molecule has 0 aliphatic rings. The highest BCUT2D eigenvalue weighted by molar-refractivity contribution is 6.31. The van der Waals surface area contributed by atoms with Gasteiger partial charge in [-0.15, -0.1) is 0 Å². The van der Waals surface area contributed by atoms with Gasteiger partial charge in [-0.2, -0.15) is 0 Å². The molecule has 0 aliphatic carbocycles. The van der Waals surface area contributed by atoms with Crippen molar-refractivity contribution in [1.82, 2.24) is 9.88 Å². The summed E-state index contributed by atoms with van der Waals surface area (Å²) in [7, 11) is 3.88. The molecule has 2 rings (SSSR count). The lowest BCUT2D eigenvalue weighted by molar-refractivity contribution is 0.312. The maximum absolute atomic E-state index is 6.17. The smallest absolute Gasteiger partial charge is 0.126 e. The average Bonchev–Trinajstić information content (AvgIpc) is 2.78. The van der Waals surface area contributed by atoms with Gasteiger partial charge in [-0.25, -0.2) is 4.98 Å². The van der Waals surface area contributed by atoms with E-state index in [0.717, 1.165) is 23.8 Å². The van der Waals surface area contributed by atoms with Gasteiger partial charge in [0.05, 0.1) is 17.0 Å². The largest absolute Gasteiger partial charge is 0.469 e. The Morgan fingerprint density at radius 2 is 2.11 bits per heavy atom. The molecule has 2 aromatic heterocycles. The summed E-state index contributed by atoms with van der Waals surface area (Å²) >= 11 is 6.17. The quantitative estimate of drug-likeness (QED) is 0.912. The van der Waals surface area contributed by atoms with Gasteiger partial charge in [-0.05, 0) is 32.2 Å². The van der Waals surface area contributed by atoms with Crippen LogP contribution in [0.5, 0.6) is 0 Å². The number of hydrogen-bond acceptors (Lipinski definition) is 4. The minimum absolute atomic E-state index is 0.690. The first-order valence-electron chi connectivity index (χ1n) is 6.15. The van der Waals surface area contributed by atoms with Crippen LogP contribution < -0.4 is 5.32 Å². The number of anilines is 1. The number of nitrogens with zero attached hydrogens (tertiary/aromatic N) is 2. The second-order valence-electron chi connectivity index (χ2n) is 4.55. The molecule has 0 radical (unpaired) electrons. The molecule has 0 saturated carbocycles. The van der Waals surface area contributed by atoms with E-state index in [1.807, 2.05) is 39.2 Å². The van der Waals surface area contributed by atoms with E-state index in [1.165, 1.54) is 5.56 Å². The zero-order valence-corrected chi connectivity index (χ0v) is 12.2. The Kier molecular flexibility index (Phi) is 4.45. The van der Waals surface area contributed by atoms with Crippen molar-refractivity contribution in [2.24, 2.45) is 0 Å². The van der Waals surface area contributed by atoms with Crippen molar-refractivity contribution < 1.29 is 4.42 Å². The molecule has 0 unspecified atom stereocenters. The summed E-state index contributed by atoms with van der Waals surface area (Å²) in [6.45, 7) is 3.47. The number of pyridine rings is 1. The zero-order chi connectivity index (χ0) is 13.8. The molecule has 2 heterocycles. The van der Waals surface area contributed by atoms with Gasteiger partial charge in [0.2, 0.25) is 0 Å². The molecule has 19 heavy (non-hydrogen) atoms. The predicted octanol–water partition coefficient (Wildman–Crippen LogP) is 3.31. The molecule has 0 atom stereocenters. The second kappa shape index (κ2) is 6.08. The van der Waals surface area contributed by atoms with Crippen molar-refractivity contribution in [2.45, 2.75) is 20.0 Å². The third-order valence-electron chi connectivity index (χ3n) is 3.00. The van der Waals surface area contributed by atoms with E-state index in [4.69, 9.17) is 16.0 Å². The summed E-state index contributed by atoms with van der Waals surface area (Å²) in [5.74, 6) is 1.78. The van der Waals surface area contributed by atoms with E-state index in [2.05, 4.69) is 15.2 Å². The highest BCUT2D eigenvalue weighted by Crippen LogP contribution is 2.19. The lowest BCUT2D eigenvalue weighted by atomic mass is 10.2. The van der Waals surface area contributed by atoms with Gasteiger partial charge >= 0.3 is 0 Å². The molecule has 1 N–H and O–H groups in total. The zero-order valence-electron chi connectivity index (χ0n) is 11.4. The first-order valence-corrected chi connectivity index (χ1v) is 6.52. The standard InChI is InChI=1S/C14H18ClN3O/c1-10-11(6-7-19-10)8-18(3)9-13-12(15)4-5-14(16-2)17-13/h4-7H,8-9H2,1-3H3,(H,16,17). The topological polar surface area (TPSA) is 41.3 Å². The van der Waals surface area contributed by atoms with Crippen LogP contribution in [0.25, 0.3) is 0 Å². The molecule has 0 bridgehead atoms. The molecule has 0 amide bonds. The lowest BCUT2D eigenvalue weighted by Crippen LogP contribution is -2.18. The molecular formula is C14H18ClN3O. The summed E-state index contributed by atoms with van der Waals surface area (Å²) < 4.78 is 5.30. The first-order chi connectivity index (χ1) is 9.10. The molecule has 102 valence electrons. The molecule has 5 heteroatoms. The van der Waals surface area contributed by atoms with E-state index in [9.17, 15) is 0 Å². The Morgan fingerprint density at radius 3 is 2.74 bits per heavy atom. The summed E-state index contributed by atoms with van der Waals surface area (Å²) in [6, 6.07) is 5.73. The summed E-state index contributed by atoms with van der Waals surface area (Å²) in [4.78, 5) is 6.63. The van der Waals surface area contributed by atoms with Crippen LogP contribution in [0.2, 0.25) is 5.02 Å². The van der Waals surface area contributed by atoms with Crippen LogP contribution in [-0.2, 0) is 13.1 Å². The number of aryl methyl sites for hydroxylation is 1. The van der Waals surface area contributed by atoms with Crippen LogP contribution in [0.4, 0.5) is 5.82 Å². The van der Waals surface area contributed by atoms with Crippen molar-refractivity contribution in [3.63, 3.8) is 0 Å². The Hall–Kier alpha value is -1.52. The number of nitrogens with one attached hydrogen (secondary N) is 1. The fourth-order valence-electron chi connectivity index (χ4n) is 1.91. The van der Waals surface area contributed by atoms with Gasteiger partial charge in [0.25, 0.3) is 0 Å². The van der Waals surface area contributed by atoms with E-state index in [0.29, 0.717) is 11.6 Å². The molecule has 0 saturated heterocycles. The van der Waals surface area contributed by atoms with Crippen LogP contribution in [0.1, 0.15) is 17.0 Å². The van der Waals surface area contributed by atoms with Crippen LogP contribution >= 0.6 is 11.6 Å². The van der Waals surface area contributed by atoms with Crippen LogP contribution in [0.3, 0.4) is 0 Å². The van der Waals surface area contributed by atoms with Crippen molar-refractivity contribution in [2.75, 3.05) is 19.4 Å². The van der Waals surface area contributed by atoms with E-state index in [-0.39, 0.29) is 0 Å². The Balaban J connectivity index is 2.06. The maximum Gasteiger partial charge on any atom is 0.126 e. The minimum Gasteiger partial charge on any atom is -0.469 e. The van der Waals surface area contributed by atoms with Gasteiger partial charge in [0, 0.05) is 25.7 Å². The molecule has 0 aliphatic heterocycles. The molecule has 0 spiro atoms. The molecule has 0 aromatic carbocycles. The molecule has 4 nitrogen and oxygen atoms in total. The van der Waals surface area contributed by atoms with E-state index >= 15 is 0 Å². The number of aromatic nitrogens is 1. The van der Waals surface area contributed by atoms with Crippen molar-refractivity contribution >= 4 is 17.4 Å². The van der Waals surface area contributed by atoms with Gasteiger partial charge in [0.15, 0.2) is 0 Å². The number of halogens is 1. The fourth-order valence-corrected chi connectivity index (χ4v) is 2.08. The summed E-state index contributed by atoms with van der Waals surface area (Å²) in [5, 5.41) is 3.71. The van der Waals surface area contributed by atoms with E-state index in [1.54, 1.807) is 6.26 Å². The van der Waals surface area contributed by atoms with Crippen molar-refractivity contribution in [3.8, 4) is 0 Å². The van der Waals surface area contributed by atoms with Crippen molar-refractivity contribution in [3.05, 3.63) is 46.5 Å². The lowest BCUT2D eigenvalue weighted by Gasteiger charge is -2.17. The average molecular weight is 280 g/mol. The Labute approximate surface area is 118 Å². The summed E-state index contributed by atoms with van der Waals surface area (Å²) in [5.41, 5.74) is 2.06. The van der Waals surface area contributed by atoms with Crippen molar-refractivity contribution in [1.29, 1.82) is 0 Å². The SMILES string of the molecule is CNc1ccc(Cl)c(CN(C)Cc2ccoc2C)n1. The highest BCUT2D eigenvalue weighted by Gasteiger charge is 2.10. The minimum atomic E-state index is 0.690. The molecule has 0 fully saturated rings. The first kappa shape index (κ1) is 13.9. The second-order valence-corrected chi connectivity index (χ2v) is 4.96. The van der Waals surface area contributed by atoms with E-state index < -0.39 is 0 Å². The van der Waals surface area contributed by atoms with Gasteiger partial charge in [-0.1, -0.05) is 11.6 Å². The van der Waals surface area contributed by atoms with Gasteiger partial charge in [-0.3, -0.25) is 4.90 Å². The van der Waals surface area contributed by atoms with Gasteiger partial charge < -0.3 is 9.73 Å². The number of hydrogen-bond donors (Lipinski definition) is 1. The normalized spacial score (nSPS) is 11.0. The monoisotopic (exact) mass is 279 g/mol. The maximum atomic E-state index is 6.17. The Bertz CT molecular complexity index is 553. The third-order valence-corrected chi connectivity index (χ3v) is 3.35. The number of furan rings is 1. The molecule has 2 aromatic rings. The summed E-state index contributed by atoms with van der Waals surface area (Å²) in [6.07, 6.45) is 1.71. The van der Waals surface area contributed by atoms with Gasteiger partial charge in [0.1, 0.15) is 11.6 Å². The third kappa shape index (κ3) is 3.49. The van der Waals surface area contributed by atoms with Crippen LogP contribution in [-0.4, -0.2) is 24.0 Å². The molecular weight excluding hydrogens is 262 g/mol. The van der Waals surface area contributed by atoms with Crippen LogP contribution in [0.15, 0.2) is 28.9 Å². The Morgan fingerprint density at radius 1 is 1.32 bits per heavy atom. The van der Waals surface area contributed by atoms with Crippen LogP contribution in [0, 0.1) is 6.92 Å².